The van der Waals surface area contributed by atoms with Crippen molar-refractivity contribution in [3.63, 3.8) is 0 Å². The number of carbonyl (C=O) groups is 1. The minimum atomic E-state index is -3.53. The molecule has 166 valence electrons. The van der Waals surface area contributed by atoms with Crippen molar-refractivity contribution in [3.8, 4) is 0 Å². The van der Waals surface area contributed by atoms with Crippen LogP contribution in [0.25, 0.3) is 0 Å². The van der Waals surface area contributed by atoms with Crippen molar-refractivity contribution in [1.82, 2.24) is 4.31 Å². The first-order valence-electron chi connectivity index (χ1n) is 10.7. The molecule has 0 aromatic heterocycles. The molecular formula is C23H28N2O3S3. The molecule has 31 heavy (non-hydrogen) atoms. The third-order valence-electron chi connectivity index (χ3n) is 5.94. The van der Waals surface area contributed by atoms with E-state index in [4.69, 9.17) is 0 Å². The zero-order valence-corrected chi connectivity index (χ0v) is 20.1. The minimum absolute atomic E-state index is 0.0714. The molecule has 1 aliphatic heterocycles. The van der Waals surface area contributed by atoms with E-state index in [9.17, 15) is 13.2 Å². The van der Waals surface area contributed by atoms with Crippen LogP contribution in [0.15, 0.2) is 53.4 Å². The van der Waals surface area contributed by atoms with Crippen LogP contribution in [0.2, 0.25) is 0 Å². The third kappa shape index (κ3) is 5.30. The molecule has 5 nitrogen and oxygen atoms in total. The van der Waals surface area contributed by atoms with Gasteiger partial charge in [0.2, 0.25) is 10.0 Å². The van der Waals surface area contributed by atoms with Crippen LogP contribution >= 0.6 is 23.5 Å². The predicted octanol–water partition coefficient (Wildman–Crippen LogP) is 5.37. The normalized spacial score (nSPS) is 18.4. The summed E-state index contributed by atoms with van der Waals surface area (Å²) in [6.45, 7) is 0. The second-order valence-electron chi connectivity index (χ2n) is 7.99. The molecule has 1 aliphatic carbocycles. The predicted molar refractivity (Wildman–Crippen MR) is 130 cm³/mol. The molecule has 4 rings (SSSR count). The van der Waals surface area contributed by atoms with Crippen LogP contribution in [0.5, 0.6) is 0 Å². The van der Waals surface area contributed by atoms with E-state index >= 15 is 0 Å². The summed E-state index contributed by atoms with van der Waals surface area (Å²) < 4.78 is 27.9. The van der Waals surface area contributed by atoms with Crippen LogP contribution in [0, 0.1) is 0 Å². The fourth-order valence-corrected chi connectivity index (χ4v) is 8.34. The number of sulfonamides is 1. The number of thioether (sulfide) groups is 2. The van der Waals surface area contributed by atoms with E-state index in [-0.39, 0.29) is 16.8 Å². The maximum atomic E-state index is 13.0. The summed E-state index contributed by atoms with van der Waals surface area (Å²) in [4.78, 5) is 12.9. The maximum Gasteiger partial charge on any atom is 0.255 e. The monoisotopic (exact) mass is 476 g/mol. The Bertz CT molecular complexity index is 995. The molecule has 1 saturated heterocycles. The number of rotatable bonds is 6. The fraction of sp³-hybridized carbons (Fsp3) is 0.435. The number of carbonyl (C=O) groups excluding carboxylic acids is 1. The van der Waals surface area contributed by atoms with Gasteiger partial charge in [-0.05, 0) is 54.8 Å². The highest BCUT2D eigenvalue weighted by atomic mass is 32.2. The smallest absolute Gasteiger partial charge is 0.255 e. The second kappa shape index (κ2) is 9.98. The first kappa shape index (κ1) is 22.7. The van der Waals surface area contributed by atoms with Crippen LogP contribution in [0.4, 0.5) is 5.69 Å². The third-order valence-corrected chi connectivity index (χ3v) is 11.0. The van der Waals surface area contributed by atoms with E-state index in [1.807, 2.05) is 47.8 Å². The lowest BCUT2D eigenvalue weighted by atomic mass is 9.96. The van der Waals surface area contributed by atoms with Gasteiger partial charge in [-0.15, -0.1) is 23.5 Å². The highest BCUT2D eigenvalue weighted by Gasteiger charge is 2.29. The van der Waals surface area contributed by atoms with E-state index < -0.39 is 10.0 Å². The van der Waals surface area contributed by atoms with Crippen LogP contribution in [0.3, 0.4) is 0 Å². The van der Waals surface area contributed by atoms with Crippen molar-refractivity contribution in [3.05, 3.63) is 59.7 Å². The molecule has 0 radical (unpaired) electrons. The molecule has 1 N–H and O–H groups in total. The van der Waals surface area contributed by atoms with Gasteiger partial charge in [-0.2, -0.15) is 4.31 Å². The molecule has 2 fully saturated rings. The quantitative estimate of drug-likeness (QED) is 0.607. The topological polar surface area (TPSA) is 66.5 Å². The Morgan fingerprint density at radius 3 is 2.16 bits per heavy atom. The maximum absolute atomic E-state index is 13.0. The zero-order chi connectivity index (χ0) is 21.8. The van der Waals surface area contributed by atoms with Crippen LogP contribution in [0.1, 0.15) is 52.6 Å². The molecule has 0 unspecified atom stereocenters. The molecular weight excluding hydrogens is 448 g/mol. The summed E-state index contributed by atoms with van der Waals surface area (Å²) in [7, 11) is -1.86. The number of hydrogen-bond acceptors (Lipinski definition) is 5. The van der Waals surface area contributed by atoms with E-state index in [2.05, 4.69) is 5.32 Å². The highest BCUT2D eigenvalue weighted by Crippen LogP contribution is 2.45. The van der Waals surface area contributed by atoms with Gasteiger partial charge < -0.3 is 5.32 Å². The van der Waals surface area contributed by atoms with Crippen molar-refractivity contribution in [2.45, 2.75) is 47.6 Å². The Morgan fingerprint density at radius 1 is 0.935 bits per heavy atom. The first-order chi connectivity index (χ1) is 14.9. The number of benzene rings is 2. The van der Waals surface area contributed by atoms with E-state index in [0.29, 0.717) is 15.8 Å². The summed E-state index contributed by atoms with van der Waals surface area (Å²) in [6, 6.07) is 14.2. The number of anilines is 1. The number of amides is 1. The number of nitrogens with zero attached hydrogens (tertiary/aromatic N) is 1. The van der Waals surface area contributed by atoms with Gasteiger partial charge in [0, 0.05) is 35.8 Å². The van der Waals surface area contributed by atoms with Crippen molar-refractivity contribution in [2.24, 2.45) is 0 Å². The average Bonchev–Trinajstić information content (AvgIpc) is 3.34. The molecule has 8 heteroatoms. The van der Waals surface area contributed by atoms with Crippen molar-refractivity contribution < 1.29 is 13.2 Å². The van der Waals surface area contributed by atoms with Gasteiger partial charge in [-0.3, -0.25) is 4.79 Å². The molecule has 1 saturated carbocycles. The standard InChI is InChI=1S/C23H28N2O3S3/c1-25(20-5-3-2-4-6-20)31(27,28)21-13-11-19(12-14-21)24-22(26)17-7-9-18(10-8-17)23-29-15-16-30-23/h7-14,20,23H,2-6,15-16H2,1H3,(H,24,26). The molecule has 0 spiro atoms. The summed E-state index contributed by atoms with van der Waals surface area (Å²) in [5.74, 6) is 2.13. The zero-order valence-electron chi connectivity index (χ0n) is 17.6. The van der Waals surface area contributed by atoms with Crippen molar-refractivity contribution >= 4 is 45.1 Å². The minimum Gasteiger partial charge on any atom is -0.322 e. The van der Waals surface area contributed by atoms with Gasteiger partial charge in [-0.1, -0.05) is 31.4 Å². The Balaban J connectivity index is 1.40. The lowest BCUT2D eigenvalue weighted by Crippen LogP contribution is -2.38. The number of hydrogen-bond donors (Lipinski definition) is 1. The van der Waals surface area contributed by atoms with Gasteiger partial charge in [0.1, 0.15) is 0 Å². The first-order valence-corrected chi connectivity index (χ1v) is 14.2. The average molecular weight is 477 g/mol. The summed E-state index contributed by atoms with van der Waals surface area (Å²) >= 11 is 3.87. The van der Waals surface area contributed by atoms with Crippen molar-refractivity contribution in [1.29, 1.82) is 0 Å². The molecule has 1 amide bonds. The highest BCUT2D eigenvalue weighted by molar-refractivity contribution is 8.19. The Kier molecular flexibility index (Phi) is 7.31. The Labute approximate surface area is 193 Å². The molecule has 0 bridgehead atoms. The summed E-state index contributed by atoms with van der Waals surface area (Å²) in [5.41, 5.74) is 2.40. The van der Waals surface area contributed by atoms with Crippen molar-refractivity contribution in [2.75, 3.05) is 23.9 Å². The van der Waals surface area contributed by atoms with E-state index in [1.54, 1.807) is 31.3 Å². The summed E-state index contributed by atoms with van der Waals surface area (Å²) in [5, 5.41) is 2.86. The lowest BCUT2D eigenvalue weighted by molar-refractivity contribution is 0.102. The summed E-state index contributed by atoms with van der Waals surface area (Å²) in [6.07, 6.45) is 5.17. The van der Waals surface area contributed by atoms with Gasteiger partial charge >= 0.3 is 0 Å². The fourth-order valence-electron chi connectivity index (χ4n) is 4.06. The second-order valence-corrected chi connectivity index (χ2v) is 12.7. The SMILES string of the molecule is CN(C1CCCCC1)S(=O)(=O)c1ccc(NC(=O)c2ccc(C3SCCS3)cc2)cc1. The van der Waals surface area contributed by atoms with E-state index in [1.165, 1.54) is 27.8 Å². The Morgan fingerprint density at radius 2 is 1.55 bits per heavy atom. The van der Waals surface area contributed by atoms with Gasteiger partial charge in [0.05, 0.1) is 9.48 Å². The molecule has 1 heterocycles. The Hall–Kier alpha value is -1.48. The van der Waals surface area contributed by atoms with Gasteiger partial charge in [0.15, 0.2) is 0 Å². The molecule has 2 aromatic rings. The molecule has 2 aliphatic rings. The van der Waals surface area contributed by atoms with Gasteiger partial charge in [-0.25, -0.2) is 8.42 Å². The van der Waals surface area contributed by atoms with Crippen LogP contribution in [-0.2, 0) is 10.0 Å². The molecule has 0 atom stereocenters. The number of nitrogens with one attached hydrogen (secondary N) is 1. The van der Waals surface area contributed by atoms with Gasteiger partial charge in [0.25, 0.3) is 5.91 Å². The molecule has 2 aromatic carbocycles. The van der Waals surface area contributed by atoms with E-state index in [0.717, 1.165) is 25.7 Å². The lowest BCUT2D eigenvalue weighted by Gasteiger charge is -2.30. The van der Waals surface area contributed by atoms with Crippen LogP contribution < -0.4 is 5.32 Å². The largest absolute Gasteiger partial charge is 0.322 e. The van der Waals surface area contributed by atoms with Crippen LogP contribution in [-0.4, -0.2) is 43.2 Å².